The molecule has 0 atom stereocenters. The maximum Gasteiger partial charge on any atom is 0.147 e. The second-order valence-electron chi connectivity index (χ2n) is 3.77. The van der Waals surface area contributed by atoms with Gasteiger partial charge in [-0.2, -0.15) is 10.4 Å². The number of pyridine rings is 1. The Morgan fingerprint density at radius 1 is 1.47 bits per heavy atom. The molecule has 0 fully saturated rings. The first-order valence-corrected chi connectivity index (χ1v) is 5.16. The van der Waals surface area contributed by atoms with E-state index in [-0.39, 0.29) is 0 Å². The molecule has 3 rings (SSSR count). The van der Waals surface area contributed by atoms with Crippen LogP contribution < -0.4 is 0 Å². The molecule has 0 saturated carbocycles. The van der Waals surface area contributed by atoms with Crippen molar-refractivity contribution in [1.82, 2.24) is 19.7 Å². The van der Waals surface area contributed by atoms with Crippen molar-refractivity contribution >= 4 is 11.0 Å². The number of nitrogens with zero attached hydrogens (tertiary/aromatic N) is 4. The molecule has 0 spiro atoms. The van der Waals surface area contributed by atoms with Crippen LogP contribution in [0.1, 0.15) is 5.69 Å². The van der Waals surface area contributed by atoms with Crippen LogP contribution in [0.15, 0.2) is 30.6 Å². The van der Waals surface area contributed by atoms with Gasteiger partial charge in [-0.3, -0.25) is 4.68 Å². The van der Waals surface area contributed by atoms with E-state index in [4.69, 9.17) is 5.26 Å². The molecule has 0 unspecified atom stereocenters. The number of hydrogen-bond acceptors (Lipinski definition) is 3. The minimum absolute atomic E-state index is 0.538. The predicted octanol–water partition coefficient (Wildman–Crippen LogP) is 1.84. The lowest BCUT2D eigenvalue weighted by molar-refractivity contribution is 0.756. The van der Waals surface area contributed by atoms with Crippen molar-refractivity contribution in [2.75, 3.05) is 0 Å². The summed E-state index contributed by atoms with van der Waals surface area (Å²) in [6.07, 6.45) is 3.42. The second-order valence-corrected chi connectivity index (χ2v) is 3.77. The van der Waals surface area contributed by atoms with Gasteiger partial charge in [-0.1, -0.05) is 0 Å². The van der Waals surface area contributed by atoms with Gasteiger partial charge >= 0.3 is 0 Å². The molecule has 0 radical (unpaired) electrons. The van der Waals surface area contributed by atoms with Gasteiger partial charge in [0, 0.05) is 18.6 Å². The molecule has 5 nitrogen and oxygen atoms in total. The standard InChI is InChI=1S/C12H9N5/c1-17-11(6-13)9(7-15-17)10-5-8-3-2-4-14-12(8)16-10/h2-5,7H,1H3,(H,14,16). The summed E-state index contributed by atoms with van der Waals surface area (Å²) in [7, 11) is 1.75. The molecule has 5 heteroatoms. The fraction of sp³-hybridized carbons (Fsp3) is 0.0833. The molecular formula is C12H9N5. The molecule has 1 N–H and O–H groups in total. The van der Waals surface area contributed by atoms with Gasteiger partial charge in [-0.05, 0) is 18.2 Å². The highest BCUT2D eigenvalue weighted by Crippen LogP contribution is 2.25. The zero-order chi connectivity index (χ0) is 11.8. The van der Waals surface area contributed by atoms with Gasteiger partial charge in [0.1, 0.15) is 17.4 Å². The Balaban J connectivity index is 2.24. The lowest BCUT2D eigenvalue weighted by Crippen LogP contribution is -1.93. The third kappa shape index (κ3) is 1.39. The largest absolute Gasteiger partial charge is 0.339 e. The minimum Gasteiger partial charge on any atom is -0.339 e. The number of hydrogen-bond donors (Lipinski definition) is 1. The van der Waals surface area contributed by atoms with Crippen LogP contribution >= 0.6 is 0 Å². The molecule has 82 valence electrons. The van der Waals surface area contributed by atoms with Crippen molar-refractivity contribution < 1.29 is 0 Å². The van der Waals surface area contributed by atoms with E-state index in [2.05, 4.69) is 21.1 Å². The Morgan fingerprint density at radius 2 is 2.35 bits per heavy atom. The maximum absolute atomic E-state index is 9.08. The number of nitrogens with one attached hydrogen (secondary N) is 1. The molecule has 0 amide bonds. The number of fused-ring (bicyclic) bond motifs is 1. The average molecular weight is 223 g/mol. The molecule has 0 bridgehead atoms. The average Bonchev–Trinajstić information content (AvgIpc) is 2.91. The molecule has 17 heavy (non-hydrogen) atoms. The van der Waals surface area contributed by atoms with E-state index in [9.17, 15) is 0 Å². The monoisotopic (exact) mass is 223 g/mol. The summed E-state index contributed by atoms with van der Waals surface area (Å²) in [5.74, 6) is 0. The smallest absolute Gasteiger partial charge is 0.147 e. The quantitative estimate of drug-likeness (QED) is 0.684. The van der Waals surface area contributed by atoms with Crippen LogP contribution in [0.2, 0.25) is 0 Å². The highest BCUT2D eigenvalue weighted by Gasteiger charge is 2.12. The van der Waals surface area contributed by atoms with Crippen LogP contribution in [0.4, 0.5) is 0 Å². The van der Waals surface area contributed by atoms with Crippen LogP contribution in [0.3, 0.4) is 0 Å². The topological polar surface area (TPSA) is 70.3 Å². The first-order chi connectivity index (χ1) is 8.29. The zero-order valence-electron chi connectivity index (χ0n) is 9.18. The fourth-order valence-corrected chi connectivity index (χ4v) is 1.87. The van der Waals surface area contributed by atoms with E-state index < -0.39 is 0 Å². The summed E-state index contributed by atoms with van der Waals surface area (Å²) in [5, 5.41) is 14.2. The molecule has 0 aliphatic heterocycles. The van der Waals surface area contributed by atoms with Gasteiger partial charge in [0.2, 0.25) is 0 Å². The van der Waals surface area contributed by atoms with Crippen LogP contribution in [0.5, 0.6) is 0 Å². The Hall–Kier alpha value is -2.61. The number of rotatable bonds is 1. The summed E-state index contributed by atoms with van der Waals surface area (Å²) < 4.78 is 1.56. The van der Waals surface area contributed by atoms with Gasteiger partial charge in [-0.15, -0.1) is 0 Å². The number of aromatic amines is 1. The normalized spacial score (nSPS) is 10.6. The number of aryl methyl sites for hydroxylation is 1. The van der Waals surface area contributed by atoms with E-state index in [0.29, 0.717) is 5.69 Å². The van der Waals surface area contributed by atoms with E-state index in [1.54, 1.807) is 24.1 Å². The Bertz CT molecular complexity index is 696. The molecule has 0 aromatic carbocycles. The van der Waals surface area contributed by atoms with E-state index >= 15 is 0 Å². The Labute approximate surface area is 97.3 Å². The van der Waals surface area contributed by atoms with Gasteiger partial charge in [0.05, 0.1) is 17.5 Å². The van der Waals surface area contributed by atoms with Gasteiger partial charge in [0.25, 0.3) is 0 Å². The third-order valence-electron chi connectivity index (χ3n) is 2.73. The number of H-pyrrole nitrogens is 1. The van der Waals surface area contributed by atoms with E-state index in [1.165, 1.54) is 0 Å². The van der Waals surface area contributed by atoms with Gasteiger partial charge in [0.15, 0.2) is 0 Å². The Kier molecular flexibility index (Phi) is 1.95. The number of nitriles is 1. The van der Waals surface area contributed by atoms with Crippen molar-refractivity contribution in [3.8, 4) is 17.3 Å². The lowest BCUT2D eigenvalue weighted by Gasteiger charge is -1.94. The van der Waals surface area contributed by atoms with E-state index in [1.807, 2.05) is 18.2 Å². The van der Waals surface area contributed by atoms with Crippen LogP contribution in [0.25, 0.3) is 22.3 Å². The van der Waals surface area contributed by atoms with Crippen molar-refractivity contribution in [3.05, 3.63) is 36.3 Å². The molecule has 0 aliphatic carbocycles. The number of aromatic nitrogens is 4. The van der Waals surface area contributed by atoms with Crippen LogP contribution in [0, 0.1) is 11.3 Å². The predicted molar refractivity (Wildman–Crippen MR) is 63.0 cm³/mol. The van der Waals surface area contributed by atoms with Crippen molar-refractivity contribution in [3.63, 3.8) is 0 Å². The molecular weight excluding hydrogens is 214 g/mol. The lowest BCUT2D eigenvalue weighted by atomic mass is 10.2. The molecule has 3 heterocycles. The first kappa shape index (κ1) is 9.60. The van der Waals surface area contributed by atoms with Gasteiger partial charge < -0.3 is 4.98 Å². The highest BCUT2D eigenvalue weighted by atomic mass is 15.3. The SMILES string of the molecule is Cn1ncc(-c2cc3cccnc3[nH]2)c1C#N. The van der Waals surface area contributed by atoms with Crippen LogP contribution in [-0.2, 0) is 7.05 Å². The van der Waals surface area contributed by atoms with Gasteiger partial charge in [-0.25, -0.2) is 4.98 Å². The molecule has 0 saturated heterocycles. The fourth-order valence-electron chi connectivity index (χ4n) is 1.87. The first-order valence-electron chi connectivity index (χ1n) is 5.16. The summed E-state index contributed by atoms with van der Waals surface area (Å²) in [6, 6.07) is 7.98. The highest BCUT2D eigenvalue weighted by molar-refractivity contribution is 5.83. The second kappa shape index (κ2) is 3.46. The maximum atomic E-state index is 9.08. The van der Waals surface area contributed by atoms with Crippen molar-refractivity contribution in [2.24, 2.45) is 7.05 Å². The van der Waals surface area contributed by atoms with E-state index in [0.717, 1.165) is 22.3 Å². The molecule has 0 aliphatic rings. The summed E-state index contributed by atoms with van der Waals surface area (Å²) in [4.78, 5) is 7.41. The summed E-state index contributed by atoms with van der Waals surface area (Å²) in [6.45, 7) is 0. The van der Waals surface area contributed by atoms with Crippen molar-refractivity contribution in [2.45, 2.75) is 0 Å². The third-order valence-corrected chi connectivity index (χ3v) is 2.73. The zero-order valence-corrected chi connectivity index (χ0v) is 9.18. The van der Waals surface area contributed by atoms with Crippen LogP contribution in [-0.4, -0.2) is 19.7 Å². The summed E-state index contributed by atoms with van der Waals surface area (Å²) in [5.41, 5.74) is 3.02. The molecule has 3 aromatic rings. The Morgan fingerprint density at radius 3 is 3.12 bits per heavy atom. The van der Waals surface area contributed by atoms with Crippen molar-refractivity contribution in [1.29, 1.82) is 5.26 Å². The molecule has 3 aromatic heterocycles. The summed E-state index contributed by atoms with van der Waals surface area (Å²) >= 11 is 0. The minimum atomic E-state index is 0.538.